The highest BCUT2D eigenvalue weighted by molar-refractivity contribution is 7.91. The van der Waals surface area contributed by atoms with Crippen molar-refractivity contribution in [1.82, 2.24) is 14.5 Å². The van der Waals surface area contributed by atoms with Gasteiger partial charge in [-0.2, -0.15) is 0 Å². The Morgan fingerprint density at radius 2 is 1.90 bits per heavy atom. The largest absolute Gasteiger partial charge is 0.383 e. The van der Waals surface area contributed by atoms with Crippen LogP contribution in [0.1, 0.15) is 63.5 Å². The molecule has 2 aliphatic rings. The summed E-state index contributed by atoms with van der Waals surface area (Å²) in [5.41, 5.74) is 0.924. The zero-order valence-corrected chi connectivity index (χ0v) is 18.8. The predicted molar refractivity (Wildman–Crippen MR) is 113 cm³/mol. The second kappa shape index (κ2) is 10.9. The van der Waals surface area contributed by atoms with Crippen LogP contribution >= 0.6 is 0 Å². The van der Waals surface area contributed by atoms with Gasteiger partial charge in [-0.25, -0.2) is 13.4 Å². The van der Waals surface area contributed by atoms with Crippen molar-refractivity contribution in [3.05, 3.63) is 11.9 Å². The van der Waals surface area contributed by atoms with E-state index in [9.17, 15) is 8.42 Å². The number of methoxy groups -OCH3 is 1. The monoisotopic (exact) mass is 427 g/mol. The van der Waals surface area contributed by atoms with Crippen molar-refractivity contribution in [2.75, 3.05) is 33.9 Å². The number of sulfone groups is 1. The molecule has 0 amide bonds. The van der Waals surface area contributed by atoms with Crippen LogP contribution in [0.3, 0.4) is 0 Å². The van der Waals surface area contributed by atoms with E-state index in [-0.39, 0.29) is 16.5 Å². The Kier molecular flexibility index (Phi) is 8.53. The van der Waals surface area contributed by atoms with Gasteiger partial charge >= 0.3 is 0 Å². The van der Waals surface area contributed by atoms with Crippen LogP contribution in [0.25, 0.3) is 0 Å². The number of likely N-dealkylation sites (N-methyl/N-ethyl adjacent to an activating group) is 1. The van der Waals surface area contributed by atoms with Crippen molar-refractivity contribution < 1.29 is 17.9 Å². The van der Waals surface area contributed by atoms with Gasteiger partial charge in [-0.3, -0.25) is 4.90 Å². The van der Waals surface area contributed by atoms with Gasteiger partial charge in [-0.1, -0.05) is 25.7 Å². The minimum Gasteiger partial charge on any atom is -0.383 e. The standard InChI is InChI=1S/C21H37N3O4S/c1-23(17-19-9-7-8-13-28-19)16-18-15-22-21(24(18)12-14-27-2)29(25,26)20-10-5-3-4-6-11-20/h15,19-20H,3-14,16-17H2,1-2H3/t19-/m0/s1. The molecule has 0 aromatic carbocycles. The molecular weight excluding hydrogens is 390 g/mol. The molecule has 166 valence electrons. The van der Waals surface area contributed by atoms with Gasteiger partial charge in [0.1, 0.15) is 0 Å². The van der Waals surface area contributed by atoms with Crippen LogP contribution in [0, 0.1) is 0 Å². The number of hydrogen-bond acceptors (Lipinski definition) is 6. The average molecular weight is 428 g/mol. The van der Waals surface area contributed by atoms with E-state index < -0.39 is 9.84 Å². The molecule has 1 aliphatic heterocycles. The lowest BCUT2D eigenvalue weighted by Gasteiger charge is -2.27. The predicted octanol–water partition coefficient (Wildman–Crippen LogP) is 3.03. The fourth-order valence-electron chi connectivity index (χ4n) is 4.51. The molecule has 1 aromatic rings. The number of aromatic nitrogens is 2. The molecule has 7 nitrogen and oxygen atoms in total. The van der Waals surface area contributed by atoms with Crippen LogP contribution in [0.2, 0.25) is 0 Å². The average Bonchev–Trinajstić information content (AvgIpc) is 2.91. The number of nitrogens with zero attached hydrogens (tertiary/aromatic N) is 3. The van der Waals surface area contributed by atoms with Gasteiger partial charge in [0, 0.05) is 33.4 Å². The molecule has 1 aliphatic carbocycles. The number of imidazole rings is 1. The summed E-state index contributed by atoms with van der Waals surface area (Å²) in [5.74, 6) is 0. The Hall–Kier alpha value is -0.960. The van der Waals surface area contributed by atoms with Gasteiger partial charge in [-0.05, 0) is 39.2 Å². The number of ether oxygens (including phenoxy) is 2. The van der Waals surface area contributed by atoms with E-state index >= 15 is 0 Å². The fourth-order valence-corrected chi connectivity index (χ4v) is 6.48. The Bertz CT molecular complexity index is 720. The lowest BCUT2D eigenvalue weighted by Crippen LogP contribution is -2.33. The molecule has 0 radical (unpaired) electrons. The maximum Gasteiger partial charge on any atom is 0.228 e. The Morgan fingerprint density at radius 1 is 1.17 bits per heavy atom. The summed E-state index contributed by atoms with van der Waals surface area (Å²) in [5, 5.41) is -0.0892. The molecule has 0 spiro atoms. The number of hydrogen-bond donors (Lipinski definition) is 0. The Balaban J connectivity index is 1.76. The summed E-state index contributed by atoms with van der Waals surface area (Å²) in [6, 6.07) is 0. The third kappa shape index (κ3) is 6.03. The minimum absolute atomic E-state index is 0.221. The SMILES string of the molecule is COCCn1c(CN(C)C[C@@H]2CCCCO2)cnc1S(=O)(=O)C1CCCCCC1. The summed E-state index contributed by atoms with van der Waals surface area (Å²) in [7, 11) is 0.267. The molecule has 0 unspecified atom stereocenters. The first kappa shape index (κ1) is 22.7. The minimum atomic E-state index is -3.44. The second-order valence-electron chi connectivity index (χ2n) is 8.52. The summed E-state index contributed by atoms with van der Waals surface area (Å²) < 4.78 is 39.7. The third-order valence-electron chi connectivity index (χ3n) is 6.14. The maximum absolute atomic E-state index is 13.4. The lowest BCUT2D eigenvalue weighted by molar-refractivity contribution is -0.00294. The molecule has 0 N–H and O–H groups in total. The van der Waals surface area contributed by atoms with Crippen LogP contribution in [0.15, 0.2) is 11.4 Å². The molecular formula is C21H37N3O4S. The summed E-state index contributed by atoms with van der Waals surface area (Å²) in [6.45, 7) is 3.30. The molecule has 2 fully saturated rings. The van der Waals surface area contributed by atoms with E-state index in [1.807, 2.05) is 4.57 Å². The zero-order valence-electron chi connectivity index (χ0n) is 18.0. The van der Waals surface area contributed by atoms with Gasteiger partial charge in [0.2, 0.25) is 15.0 Å². The van der Waals surface area contributed by atoms with Crippen LogP contribution in [-0.4, -0.2) is 68.1 Å². The van der Waals surface area contributed by atoms with Crippen molar-refractivity contribution in [3.63, 3.8) is 0 Å². The topological polar surface area (TPSA) is 73.7 Å². The van der Waals surface area contributed by atoms with Crippen molar-refractivity contribution in [3.8, 4) is 0 Å². The second-order valence-corrected chi connectivity index (χ2v) is 10.6. The first-order chi connectivity index (χ1) is 14.0. The molecule has 3 rings (SSSR count). The summed E-state index contributed by atoms with van der Waals surface area (Å²) >= 11 is 0. The van der Waals surface area contributed by atoms with Gasteiger partial charge < -0.3 is 14.0 Å². The Morgan fingerprint density at radius 3 is 2.55 bits per heavy atom. The quantitative estimate of drug-likeness (QED) is 0.564. The number of rotatable bonds is 9. The van der Waals surface area contributed by atoms with Crippen LogP contribution in [0.5, 0.6) is 0 Å². The molecule has 1 aromatic heterocycles. The van der Waals surface area contributed by atoms with Crippen molar-refractivity contribution in [2.24, 2.45) is 0 Å². The van der Waals surface area contributed by atoms with E-state index in [0.717, 1.165) is 70.2 Å². The van der Waals surface area contributed by atoms with Crippen molar-refractivity contribution in [2.45, 2.75) is 87.4 Å². The van der Waals surface area contributed by atoms with Crippen molar-refractivity contribution >= 4 is 9.84 Å². The Labute approximate surface area is 175 Å². The fraction of sp³-hybridized carbons (Fsp3) is 0.857. The summed E-state index contributed by atoms with van der Waals surface area (Å²) in [4.78, 5) is 6.61. The van der Waals surface area contributed by atoms with Crippen LogP contribution in [-0.2, 0) is 32.4 Å². The highest BCUT2D eigenvalue weighted by Gasteiger charge is 2.33. The lowest BCUT2D eigenvalue weighted by atomic mass is 10.1. The maximum atomic E-state index is 13.4. The normalized spacial score (nSPS) is 22.1. The third-order valence-corrected chi connectivity index (χ3v) is 8.32. The smallest absolute Gasteiger partial charge is 0.228 e. The molecule has 1 atom stereocenters. The highest BCUT2D eigenvalue weighted by Crippen LogP contribution is 2.28. The van der Waals surface area contributed by atoms with Crippen LogP contribution < -0.4 is 0 Å². The van der Waals surface area contributed by atoms with E-state index in [4.69, 9.17) is 9.47 Å². The van der Waals surface area contributed by atoms with E-state index in [2.05, 4.69) is 16.9 Å². The molecule has 29 heavy (non-hydrogen) atoms. The van der Waals surface area contributed by atoms with E-state index in [1.165, 1.54) is 6.42 Å². The summed E-state index contributed by atoms with van der Waals surface area (Å²) in [6.07, 6.45) is 11.2. The van der Waals surface area contributed by atoms with Gasteiger partial charge in [0.05, 0.1) is 29.9 Å². The zero-order chi connectivity index (χ0) is 20.7. The van der Waals surface area contributed by atoms with Crippen LogP contribution in [0.4, 0.5) is 0 Å². The van der Waals surface area contributed by atoms with Gasteiger partial charge in [0.25, 0.3) is 0 Å². The molecule has 1 saturated heterocycles. The molecule has 1 saturated carbocycles. The van der Waals surface area contributed by atoms with E-state index in [0.29, 0.717) is 19.7 Å². The molecule has 2 heterocycles. The molecule has 0 bridgehead atoms. The van der Waals surface area contributed by atoms with Gasteiger partial charge in [0.15, 0.2) is 0 Å². The van der Waals surface area contributed by atoms with Crippen molar-refractivity contribution in [1.29, 1.82) is 0 Å². The van der Waals surface area contributed by atoms with Gasteiger partial charge in [-0.15, -0.1) is 0 Å². The van der Waals surface area contributed by atoms with E-state index in [1.54, 1.807) is 13.3 Å². The first-order valence-electron chi connectivity index (χ1n) is 11.1. The first-order valence-corrected chi connectivity index (χ1v) is 12.6. The highest BCUT2D eigenvalue weighted by atomic mass is 32.2. The molecule has 8 heteroatoms.